The Hall–Kier alpha value is -2.28. The van der Waals surface area contributed by atoms with Crippen LogP contribution in [0.1, 0.15) is 24.7 Å². The van der Waals surface area contributed by atoms with Gasteiger partial charge in [0.05, 0.1) is 6.42 Å². The zero-order chi connectivity index (χ0) is 13.7. The number of amides is 1. The van der Waals surface area contributed by atoms with Crippen molar-refractivity contribution in [2.24, 2.45) is 0 Å². The van der Waals surface area contributed by atoms with E-state index in [-0.39, 0.29) is 18.4 Å². The van der Waals surface area contributed by atoms with E-state index in [2.05, 4.69) is 20.4 Å². The van der Waals surface area contributed by atoms with E-state index in [1.54, 1.807) is 38.4 Å². The third kappa shape index (κ3) is 3.59. The third-order valence-electron chi connectivity index (χ3n) is 2.44. The first-order valence-corrected chi connectivity index (χ1v) is 5.75. The van der Waals surface area contributed by atoms with Crippen molar-refractivity contribution in [3.05, 3.63) is 36.1 Å². The molecular weight excluding hydrogens is 248 g/mol. The van der Waals surface area contributed by atoms with Crippen LogP contribution >= 0.6 is 0 Å². The minimum atomic E-state index is -0.292. The molecule has 0 saturated carbocycles. The van der Waals surface area contributed by atoms with Gasteiger partial charge in [-0.1, -0.05) is 11.2 Å². The van der Waals surface area contributed by atoms with Gasteiger partial charge in [0.1, 0.15) is 11.9 Å². The lowest BCUT2D eigenvalue weighted by atomic mass is 10.3. The van der Waals surface area contributed by atoms with Gasteiger partial charge in [-0.3, -0.25) is 4.79 Å². The van der Waals surface area contributed by atoms with Gasteiger partial charge in [0.15, 0.2) is 5.82 Å². The average Bonchev–Trinajstić information content (AvgIpc) is 2.87. The number of aromatic nitrogens is 3. The van der Waals surface area contributed by atoms with Gasteiger partial charge in [-0.25, -0.2) is 4.98 Å². The summed E-state index contributed by atoms with van der Waals surface area (Å²) in [7, 11) is 1.54. The van der Waals surface area contributed by atoms with Crippen molar-refractivity contribution in [3.8, 4) is 0 Å². The molecule has 0 radical (unpaired) electrons. The Bertz CT molecular complexity index is 541. The molecule has 1 N–H and O–H groups in total. The second kappa shape index (κ2) is 6.05. The zero-order valence-corrected chi connectivity index (χ0v) is 10.7. The number of carbonyl (C=O) groups excluding carboxylic acids is 1. The van der Waals surface area contributed by atoms with Crippen LogP contribution in [0, 0.1) is 0 Å². The molecule has 0 saturated heterocycles. The van der Waals surface area contributed by atoms with Gasteiger partial charge >= 0.3 is 0 Å². The molecule has 19 heavy (non-hydrogen) atoms. The maximum atomic E-state index is 11.7. The fourth-order valence-electron chi connectivity index (χ4n) is 1.37. The number of anilines is 1. The van der Waals surface area contributed by atoms with E-state index in [4.69, 9.17) is 9.26 Å². The monoisotopic (exact) mass is 262 g/mol. The molecule has 0 aliphatic carbocycles. The number of ether oxygens (including phenoxy) is 1. The van der Waals surface area contributed by atoms with Crippen LogP contribution in [0.5, 0.6) is 0 Å². The summed E-state index contributed by atoms with van der Waals surface area (Å²) in [4.78, 5) is 19.8. The van der Waals surface area contributed by atoms with Crippen molar-refractivity contribution in [2.45, 2.75) is 19.4 Å². The molecule has 2 aromatic rings. The van der Waals surface area contributed by atoms with Crippen molar-refractivity contribution in [1.82, 2.24) is 15.1 Å². The van der Waals surface area contributed by atoms with Crippen LogP contribution < -0.4 is 5.32 Å². The molecule has 0 unspecified atom stereocenters. The van der Waals surface area contributed by atoms with Crippen molar-refractivity contribution >= 4 is 11.7 Å². The second-order valence-electron chi connectivity index (χ2n) is 3.87. The van der Waals surface area contributed by atoms with E-state index in [0.717, 1.165) is 0 Å². The predicted octanol–water partition coefficient (Wildman–Crippen LogP) is 1.35. The molecule has 2 rings (SSSR count). The van der Waals surface area contributed by atoms with Gasteiger partial charge in [-0.05, 0) is 19.1 Å². The average molecular weight is 262 g/mol. The summed E-state index contributed by atoms with van der Waals surface area (Å²) >= 11 is 0. The molecule has 1 amide bonds. The molecule has 7 nitrogen and oxygen atoms in total. The number of nitrogens with one attached hydrogen (secondary N) is 1. The first kappa shape index (κ1) is 13.2. The summed E-state index contributed by atoms with van der Waals surface area (Å²) in [6, 6.07) is 5.26. The van der Waals surface area contributed by atoms with E-state index in [0.29, 0.717) is 17.5 Å². The number of pyridine rings is 1. The van der Waals surface area contributed by atoms with Crippen molar-refractivity contribution in [3.63, 3.8) is 0 Å². The Morgan fingerprint density at radius 2 is 2.37 bits per heavy atom. The van der Waals surface area contributed by atoms with Crippen LogP contribution in [0.25, 0.3) is 0 Å². The summed E-state index contributed by atoms with van der Waals surface area (Å²) < 4.78 is 10.0. The van der Waals surface area contributed by atoms with E-state index >= 15 is 0 Å². The van der Waals surface area contributed by atoms with Crippen LogP contribution in [0.3, 0.4) is 0 Å². The largest absolute Gasteiger partial charge is 0.372 e. The second-order valence-corrected chi connectivity index (χ2v) is 3.87. The van der Waals surface area contributed by atoms with Crippen molar-refractivity contribution in [1.29, 1.82) is 0 Å². The molecule has 2 heterocycles. The van der Waals surface area contributed by atoms with Crippen LogP contribution in [0.15, 0.2) is 28.9 Å². The number of hydrogen-bond acceptors (Lipinski definition) is 6. The normalized spacial score (nSPS) is 12.1. The summed E-state index contributed by atoms with van der Waals surface area (Å²) in [5.41, 5.74) is 0. The van der Waals surface area contributed by atoms with Gasteiger partial charge in [0.2, 0.25) is 5.91 Å². The fraction of sp³-hybridized carbons (Fsp3) is 0.333. The van der Waals surface area contributed by atoms with Gasteiger partial charge in [0.25, 0.3) is 5.89 Å². The van der Waals surface area contributed by atoms with E-state index in [9.17, 15) is 4.79 Å². The number of methoxy groups -OCH3 is 1. The first-order valence-electron chi connectivity index (χ1n) is 5.75. The minimum absolute atomic E-state index is 0.0243. The topological polar surface area (TPSA) is 90.1 Å². The number of hydrogen-bond donors (Lipinski definition) is 1. The molecular formula is C12H14N4O3. The van der Waals surface area contributed by atoms with E-state index < -0.39 is 0 Å². The van der Waals surface area contributed by atoms with Crippen LogP contribution in [-0.2, 0) is 16.0 Å². The van der Waals surface area contributed by atoms with Crippen LogP contribution in [0.2, 0.25) is 0 Å². The van der Waals surface area contributed by atoms with Crippen molar-refractivity contribution in [2.75, 3.05) is 12.4 Å². The first-order chi connectivity index (χ1) is 9.19. The molecule has 100 valence electrons. The summed E-state index contributed by atoms with van der Waals surface area (Å²) in [5, 5.41) is 6.36. The highest BCUT2D eigenvalue weighted by molar-refractivity contribution is 5.90. The minimum Gasteiger partial charge on any atom is -0.372 e. The number of rotatable bonds is 5. The summed E-state index contributed by atoms with van der Waals surface area (Å²) in [6.45, 7) is 1.78. The Morgan fingerprint density at radius 3 is 3.05 bits per heavy atom. The molecule has 2 aromatic heterocycles. The molecule has 0 fully saturated rings. The lowest BCUT2D eigenvalue weighted by molar-refractivity contribution is -0.115. The molecule has 0 aliphatic rings. The highest BCUT2D eigenvalue weighted by Gasteiger charge is 2.15. The SMILES string of the molecule is CO[C@H](C)c1nc(CC(=O)Nc2ccccn2)no1. The van der Waals surface area contributed by atoms with Gasteiger partial charge in [0, 0.05) is 13.3 Å². The predicted molar refractivity (Wildman–Crippen MR) is 66.3 cm³/mol. The number of nitrogens with zero attached hydrogens (tertiary/aromatic N) is 3. The Labute approximate surface area is 110 Å². The lowest BCUT2D eigenvalue weighted by Gasteiger charge is -2.01. The van der Waals surface area contributed by atoms with Crippen molar-refractivity contribution < 1.29 is 14.1 Å². The Balaban J connectivity index is 1.94. The molecule has 1 atom stereocenters. The van der Waals surface area contributed by atoms with Gasteiger partial charge in [-0.2, -0.15) is 4.98 Å². The Morgan fingerprint density at radius 1 is 1.53 bits per heavy atom. The standard InChI is InChI=1S/C12H14N4O3/c1-8(18-2)12-15-10(16-19-12)7-11(17)14-9-5-3-4-6-13-9/h3-6,8H,7H2,1-2H3,(H,13,14,17)/t8-/m1/s1. The molecule has 0 aliphatic heterocycles. The third-order valence-corrected chi connectivity index (χ3v) is 2.44. The number of carbonyl (C=O) groups is 1. The van der Waals surface area contributed by atoms with Gasteiger partial charge in [-0.15, -0.1) is 0 Å². The zero-order valence-electron chi connectivity index (χ0n) is 10.7. The van der Waals surface area contributed by atoms with E-state index in [1.165, 1.54) is 0 Å². The fourth-order valence-corrected chi connectivity index (χ4v) is 1.37. The maximum Gasteiger partial charge on any atom is 0.255 e. The Kier molecular flexibility index (Phi) is 4.19. The maximum absolute atomic E-state index is 11.7. The quantitative estimate of drug-likeness (QED) is 0.874. The molecule has 0 aromatic carbocycles. The highest BCUT2D eigenvalue weighted by atomic mass is 16.5. The van der Waals surface area contributed by atoms with Crippen LogP contribution in [-0.4, -0.2) is 28.1 Å². The smallest absolute Gasteiger partial charge is 0.255 e. The summed E-state index contributed by atoms with van der Waals surface area (Å²) in [5.74, 6) is 0.896. The lowest BCUT2D eigenvalue weighted by Crippen LogP contribution is -2.16. The highest BCUT2D eigenvalue weighted by Crippen LogP contribution is 2.13. The van der Waals surface area contributed by atoms with Gasteiger partial charge < -0.3 is 14.6 Å². The van der Waals surface area contributed by atoms with E-state index in [1.807, 2.05) is 0 Å². The molecule has 0 bridgehead atoms. The molecule has 0 spiro atoms. The summed E-state index contributed by atoms with van der Waals surface area (Å²) in [6.07, 6.45) is 1.33. The van der Waals surface area contributed by atoms with Crippen LogP contribution in [0.4, 0.5) is 5.82 Å². The molecule has 7 heteroatoms.